The molecule has 0 unspecified atom stereocenters. The minimum Gasteiger partial charge on any atom is -0.423 e. The number of carbonyl (C=O) groups is 1. The van der Waals surface area contributed by atoms with Crippen LogP contribution in [0.2, 0.25) is 0 Å². The van der Waals surface area contributed by atoms with Gasteiger partial charge in [-0.25, -0.2) is 4.79 Å². The molecule has 0 atom stereocenters. The number of hydrogen-bond donors (Lipinski definition) is 1. The second kappa shape index (κ2) is 9.29. The van der Waals surface area contributed by atoms with Gasteiger partial charge in [-0.1, -0.05) is 88.7 Å². The highest BCUT2D eigenvalue weighted by atomic mass is 79.9. The topological polar surface area (TPSA) is 38.3 Å². The Morgan fingerprint density at radius 3 is 1.68 bits per heavy atom. The van der Waals surface area contributed by atoms with Crippen LogP contribution >= 0.6 is 15.9 Å². The quantitative estimate of drug-likeness (QED) is 0.207. The molecule has 4 heteroatoms. The minimum atomic E-state index is -0.531. The summed E-state index contributed by atoms with van der Waals surface area (Å²) >= 11 is 3.38. The Hall–Kier alpha value is -3.21. The van der Waals surface area contributed by atoms with Crippen molar-refractivity contribution in [1.82, 2.24) is 5.32 Å². The predicted octanol–water partition coefficient (Wildman–Crippen LogP) is 6.18. The highest BCUT2D eigenvalue weighted by molar-refractivity contribution is 9.10. The van der Waals surface area contributed by atoms with Crippen LogP contribution < -0.4 is 10.1 Å². The number of rotatable bonds is 6. The molecular weight excluding hydrogens is 450 g/mol. The predicted molar refractivity (Wildman–Crippen MR) is 127 cm³/mol. The third-order valence-electron chi connectivity index (χ3n) is 5.37. The molecule has 4 aromatic rings. The zero-order chi connectivity index (χ0) is 21.7. The van der Waals surface area contributed by atoms with Crippen LogP contribution in [0.4, 0.5) is 0 Å². The van der Waals surface area contributed by atoms with Crippen LogP contribution in [0.15, 0.2) is 114 Å². The van der Waals surface area contributed by atoms with Crippen LogP contribution in [0, 0.1) is 0 Å². The van der Waals surface area contributed by atoms with Crippen LogP contribution in [0.1, 0.15) is 27.0 Å². The fraction of sp³-hybridized carbons (Fsp3) is 0.0741. The lowest BCUT2D eigenvalue weighted by Gasteiger charge is -2.35. The lowest BCUT2D eigenvalue weighted by atomic mass is 9.77. The number of benzene rings is 4. The summed E-state index contributed by atoms with van der Waals surface area (Å²) in [5.74, 6) is 0.119. The molecule has 0 bridgehead atoms. The normalized spacial score (nSPS) is 11.2. The lowest BCUT2D eigenvalue weighted by molar-refractivity contribution is 0.0734. The summed E-state index contributed by atoms with van der Waals surface area (Å²) in [5, 5.41) is 3.54. The standard InChI is InChI=1S/C27H22BrNO2/c1-29-27(21-8-4-2-5-9-21,22-10-6-3-7-11-22)23-14-18-25(19-15-23)31-26(30)20-12-16-24(28)17-13-20/h2-19,29H,1H3. The smallest absolute Gasteiger partial charge is 0.343 e. The third-order valence-corrected chi connectivity index (χ3v) is 5.90. The van der Waals surface area contributed by atoms with Crippen LogP contribution in [-0.2, 0) is 5.54 Å². The van der Waals surface area contributed by atoms with Gasteiger partial charge in [-0.15, -0.1) is 0 Å². The molecule has 0 heterocycles. The van der Waals surface area contributed by atoms with Gasteiger partial charge >= 0.3 is 5.97 Å². The molecular formula is C27H22BrNO2. The molecule has 0 aliphatic rings. The number of ether oxygens (including phenoxy) is 1. The largest absolute Gasteiger partial charge is 0.423 e. The van der Waals surface area contributed by atoms with Crippen molar-refractivity contribution in [3.05, 3.63) is 136 Å². The van der Waals surface area contributed by atoms with Gasteiger partial charge in [0.15, 0.2) is 0 Å². The van der Waals surface area contributed by atoms with E-state index in [-0.39, 0.29) is 5.97 Å². The van der Waals surface area contributed by atoms with Crippen molar-refractivity contribution >= 4 is 21.9 Å². The first-order valence-electron chi connectivity index (χ1n) is 10.0. The Labute approximate surface area is 190 Å². The Morgan fingerprint density at radius 1 is 0.710 bits per heavy atom. The Morgan fingerprint density at radius 2 is 1.19 bits per heavy atom. The van der Waals surface area contributed by atoms with E-state index in [2.05, 4.69) is 45.5 Å². The van der Waals surface area contributed by atoms with Gasteiger partial charge in [-0.3, -0.25) is 0 Å². The van der Waals surface area contributed by atoms with E-state index in [1.54, 1.807) is 12.1 Å². The summed E-state index contributed by atoms with van der Waals surface area (Å²) in [6, 6.07) is 35.4. The van der Waals surface area contributed by atoms with Crippen molar-refractivity contribution in [3.8, 4) is 5.75 Å². The molecule has 31 heavy (non-hydrogen) atoms. The fourth-order valence-electron chi connectivity index (χ4n) is 3.83. The zero-order valence-corrected chi connectivity index (χ0v) is 18.7. The average molecular weight is 472 g/mol. The van der Waals surface area contributed by atoms with E-state index in [1.165, 1.54) is 0 Å². The SMILES string of the molecule is CNC(c1ccccc1)(c1ccccc1)c1ccc(OC(=O)c2ccc(Br)cc2)cc1. The van der Waals surface area contributed by atoms with Gasteiger partial charge in [0.25, 0.3) is 0 Å². The van der Waals surface area contributed by atoms with Crippen molar-refractivity contribution in [1.29, 1.82) is 0 Å². The molecule has 0 spiro atoms. The number of halogens is 1. The molecule has 3 nitrogen and oxygen atoms in total. The van der Waals surface area contributed by atoms with E-state index in [0.717, 1.165) is 21.2 Å². The summed E-state index contributed by atoms with van der Waals surface area (Å²) in [5.41, 5.74) is 3.28. The maximum atomic E-state index is 12.5. The molecule has 0 fully saturated rings. The molecule has 0 aliphatic heterocycles. The molecule has 0 aliphatic carbocycles. The summed E-state index contributed by atoms with van der Waals surface area (Å²) < 4.78 is 6.49. The van der Waals surface area contributed by atoms with Gasteiger partial charge in [0, 0.05) is 4.47 Å². The highest BCUT2D eigenvalue weighted by Gasteiger charge is 2.34. The van der Waals surface area contributed by atoms with E-state index in [0.29, 0.717) is 11.3 Å². The van der Waals surface area contributed by atoms with Gasteiger partial charge in [0.1, 0.15) is 5.75 Å². The zero-order valence-electron chi connectivity index (χ0n) is 17.1. The van der Waals surface area contributed by atoms with Crippen LogP contribution in [-0.4, -0.2) is 13.0 Å². The molecule has 0 amide bonds. The molecule has 0 saturated carbocycles. The van der Waals surface area contributed by atoms with Gasteiger partial charge in [0.2, 0.25) is 0 Å². The highest BCUT2D eigenvalue weighted by Crippen LogP contribution is 2.37. The second-order valence-corrected chi connectivity index (χ2v) is 8.07. The first kappa shape index (κ1) is 21.0. The summed E-state index contributed by atoms with van der Waals surface area (Å²) in [6.45, 7) is 0. The van der Waals surface area contributed by atoms with E-state index in [9.17, 15) is 4.79 Å². The van der Waals surface area contributed by atoms with Gasteiger partial charge in [0.05, 0.1) is 11.1 Å². The number of esters is 1. The Bertz CT molecular complexity index is 1100. The van der Waals surface area contributed by atoms with E-state index < -0.39 is 5.54 Å². The maximum Gasteiger partial charge on any atom is 0.343 e. The van der Waals surface area contributed by atoms with Crippen molar-refractivity contribution in [3.63, 3.8) is 0 Å². The molecule has 0 radical (unpaired) electrons. The monoisotopic (exact) mass is 471 g/mol. The maximum absolute atomic E-state index is 12.5. The molecule has 4 rings (SSSR count). The lowest BCUT2D eigenvalue weighted by Crippen LogP contribution is -2.42. The molecule has 4 aromatic carbocycles. The second-order valence-electron chi connectivity index (χ2n) is 7.15. The third kappa shape index (κ3) is 4.31. The van der Waals surface area contributed by atoms with Crippen molar-refractivity contribution < 1.29 is 9.53 Å². The molecule has 1 N–H and O–H groups in total. The minimum absolute atomic E-state index is 0.383. The first-order chi connectivity index (χ1) is 15.1. The van der Waals surface area contributed by atoms with Crippen molar-refractivity contribution in [2.45, 2.75) is 5.54 Å². The van der Waals surface area contributed by atoms with Gasteiger partial charge in [-0.2, -0.15) is 0 Å². The average Bonchev–Trinajstić information content (AvgIpc) is 2.83. The summed E-state index contributed by atoms with van der Waals surface area (Å²) in [7, 11) is 1.96. The first-order valence-corrected chi connectivity index (χ1v) is 10.8. The van der Waals surface area contributed by atoms with E-state index in [4.69, 9.17) is 4.74 Å². The van der Waals surface area contributed by atoms with Gasteiger partial charge < -0.3 is 10.1 Å². The van der Waals surface area contributed by atoms with Crippen LogP contribution in [0.3, 0.4) is 0 Å². The Kier molecular flexibility index (Phi) is 6.31. The summed E-state index contributed by atoms with van der Waals surface area (Å²) in [6.07, 6.45) is 0. The van der Waals surface area contributed by atoms with Crippen LogP contribution in [0.5, 0.6) is 5.75 Å². The number of hydrogen-bond acceptors (Lipinski definition) is 3. The summed E-state index contributed by atoms with van der Waals surface area (Å²) in [4.78, 5) is 12.5. The van der Waals surface area contributed by atoms with Gasteiger partial charge in [-0.05, 0) is 60.1 Å². The number of carbonyl (C=O) groups excluding carboxylic acids is 1. The fourth-order valence-corrected chi connectivity index (χ4v) is 4.10. The number of nitrogens with one attached hydrogen (secondary N) is 1. The Balaban J connectivity index is 1.69. The van der Waals surface area contributed by atoms with E-state index >= 15 is 0 Å². The van der Waals surface area contributed by atoms with E-state index in [1.807, 2.05) is 79.8 Å². The molecule has 0 saturated heterocycles. The molecule has 154 valence electrons. The molecule has 0 aromatic heterocycles. The van der Waals surface area contributed by atoms with Crippen LogP contribution in [0.25, 0.3) is 0 Å². The van der Waals surface area contributed by atoms with Crippen molar-refractivity contribution in [2.24, 2.45) is 0 Å². The van der Waals surface area contributed by atoms with Crippen molar-refractivity contribution in [2.75, 3.05) is 7.05 Å².